The zero-order valence-electron chi connectivity index (χ0n) is 11.8. The predicted molar refractivity (Wildman–Crippen MR) is 84.4 cm³/mol. The molecule has 0 saturated carbocycles. The van der Waals surface area contributed by atoms with Crippen LogP contribution in [-0.4, -0.2) is 37.0 Å². The van der Waals surface area contributed by atoms with Crippen LogP contribution >= 0.6 is 11.3 Å². The largest absolute Gasteiger partial charge is 0.338 e. The summed E-state index contributed by atoms with van der Waals surface area (Å²) < 4.78 is 1.19. The molecule has 1 atom stereocenters. The second kappa shape index (κ2) is 5.94. The lowest BCUT2D eigenvalue weighted by molar-refractivity contribution is 0.0725. The van der Waals surface area contributed by atoms with Gasteiger partial charge in [-0.3, -0.25) is 4.79 Å². The number of amides is 1. The van der Waals surface area contributed by atoms with E-state index < -0.39 is 0 Å². The Bertz CT molecular complexity index is 566. The Hall–Kier alpha value is -1.39. The lowest BCUT2D eigenvalue weighted by Crippen LogP contribution is -2.37. The van der Waals surface area contributed by atoms with Crippen molar-refractivity contribution < 1.29 is 4.79 Å². The predicted octanol–water partition coefficient (Wildman–Crippen LogP) is 3.12. The highest BCUT2D eigenvalue weighted by atomic mass is 32.1. The number of hydrogen-bond donors (Lipinski definition) is 1. The smallest absolute Gasteiger partial charge is 0.263 e. The lowest BCUT2D eigenvalue weighted by Gasteiger charge is -2.26. The first-order valence-corrected chi connectivity index (χ1v) is 8.04. The Kier molecular flexibility index (Phi) is 4.03. The number of nitrogens with one attached hydrogen (secondary N) is 1. The molecule has 20 heavy (non-hydrogen) atoms. The van der Waals surface area contributed by atoms with E-state index in [9.17, 15) is 4.79 Å². The second-order valence-electron chi connectivity index (χ2n) is 5.40. The molecule has 106 valence electrons. The fraction of sp³-hybridized carbons (Fsp3) is 0.438. The highest BCUT2D eigenvalue weighted by Crippen LogP contribution is 2.27. The molecule has 2 heterocycles. The Balaban J connectivity index is 1.79. The first-order valence-electron chi connectivity index (χ1n) is 7.22. The van der Waals surface area contributed by atoms with E-state index in [-0.39, 0.29) is 5.91 Å². The van der Waals surface area contributed by atoms with Crippen LogP contribution in [-0.2, 0) is 0 Å². The van der Waals surface area contributed by atoms with Crippen molar-refractivity contribution in [3.63, 3.8) is 0 Å². The number of nitrogens with zero attached hydrogens (tertiary/aromatic N) is 1. The average Bonchev–Trinajstić information content (AvgIpc) is 2.72. The van der Waals surface area contributed by atoms with Crippen LogP contribution in [0.25, 0.3) is 10.1 Å². The van der Waals surface area contributed by atoms with Crippen molar-refractivity contribution in [3.05, 3.63) is 35.2 Å². The zero-order chi connectivity index (χ0) is 13.9. The van der Waals surface area contributed by atoms with Gasteiger partial charge < -0.3 is 10.2 Å². The maximum absolute atomic E-state index is 12.6. The van der Waals surface area contributed by atoms with Crippen LogP contribution in [0.2, 0.25) is 0 Å². The molecule has 4 heteroatoms. The lowest BCUT2D eigenvalue weighted by atomic mass is 10.1. The van der Waals surface area contributed by atoms with E-state index >= 15 is 0 Å². The Morgan fingerprint density at radius 1 is 1.30 bits per heavy atom. The van der Waals surface area contributed by atoms with Gasteiger partial charge in [-0.05, 0) is 49.9 Å². The second-order valence-corrected chi connectivity index (χ2v) is 6.48. The molecule has 1 aromatic heterocycles. The van der Waals surface area contributed by atoms with Crippen molar-refractivity contribution in [1.29, 1.82) is 0 Å². The van der Waals surface area contributed by atoms with Gasteiger partial charge in [-0.1, -0.05) is 18.2 Å². The molecule has 0 spiro atoms. The number of fused-ring (bicyclic) bond motifs is 1. The van der Waals surface area contributed by atoms with Crippen molar-refractivity contribution in [2.45, 2.75) is 25.3 Å². The number of benzene rings is 1. The van der Waals surface area contributed by atoms with Crippen LogP contribution in [0.1, 0.15) is 28.9 Å². The van der Waals surface area contributed by atoms with E-state index in [0.717, 1.165) is 42.6 Å². The van der Waals surface area contributed by atoms with Gasteiger partial charge in [-0.15, -0.1) is 11.3 Å². The number of carbonyl (C=O) groups excluding carboxylic acids is 1. The molecule has 1 aliphatic rings. The molecule has 0 radical (unpaired) electrons. The van der Waals surface area contributed by atoms with Gasteiger partial charge in [0, 0.05) is 17.8 Å². The molecular formula is C16H20N2OS. The molecule has 1 aromatic carbocycles. The fourth-order valence-electron chi connectivity index (χ4n) is 2.81. The molecule has 2 aromatic rings. The van der Waals surface area contributed by atoms with Gasteiger partial charge in [0.25, 0.3) is 5.91 Å². The summed E-state index contributed by atoms with van der Waals surface area (Å²) in [6.07, 6.45) is 3.29. The molecule has 1 N–H and O–H groups in total. The summed E-state index contributed by atoms with van der Waals surface area (Å²) in [5.41, 5.74) is 0. The summed E-state index contributed by atoms with van der Waals surface area (Å²) >= 11 is 1.60. The Morgan fingerprint density at radius 2 is 2.15 bits per heavy atom. The van der Waals surface area contributed by atoms with Crippen molar-refractivity contribution in [1.82, 2.24) is 10.2 Å². The van der Waals surface area contributed by atoms with E-state index in [2.05, 4.69) is 17.4 Å². The molecular weight excluding hydrogens is 268 g/mol. The quantitative estimate of drug-likeness (QED) is 0.921. The molecule has 1 fully saturated rings. The molecule has 1 amide bonds. The first-order chi connectivity index (χ1) is 9.75. The van der Waals surface area contributed by atoms with Crippen LogP contribution in [0, 0.1) is 0 Å². The van der Waals surface area contributed by atoms with Gasteiger partial charge in [0.2, 0.25) is 0 Å². The molecule has 3 rings (SSSR count). The number of rotatable bonds is 2. The maximum atomic E-state index is 12.6. The number of thiophene rings is 1. The average molecular weight is 288 g/mol. The maximum Gasteiger partial charge on any atom is 0.263 e. The van der Waals surface area contributed by atoms with E-state index in [1.54, 1.807) is 11.3 Å². The minimum Gasteiger partial charge on any atom is -0.338 e. The first kappa shape index (κ1) is 13.6. The molecule has 1 saturated heterocycles. The van der Waals surface area contributed by atoms with Crippen LogP contribution < -0.4 is 5.32 Å². The summed E-state index contributed by atoms with van der Waals surface area (Å²) in [5, 5.41) is 4.56. The van der Waals surface area contributed by atoms with Gasteiger partial charge >= 0.3 is 0 Å². The van der Waals surface area contributed by atoms with E-state index in [4.69, 9.17) is 0 Å². The van der Waals surface area contributed by atoms with E-state index in [1.807, 2.05) is 30.1 Å². The van der Waals surface area contributed by atoms with Crippen molar-refractivity contribution >= 4 is 27.3 Å². The highest BCUT2D eigenvalue weighted by molar-refractivity contribution is 7.20. The van der Waals surface area contributed by atoms with Crippen LogP contribution in [0.3, 0.4) is 0 Å². The summed E-state index contributed by atoms with van der Waals surface area (Å²) in [6.45, 7) is 2.08. The monoisotopic (exact) mass is 288 g/mol. The van der Waals surface area contributed by atoms with Crippen molar-refractivity contribution in [3.8, 4) is 0 Å². The van der Waals surface area contributed by atoms with Crippen molar-refractivity contribution in [2.24, 2.45) is 0 Å². The Morgan fingerprint density at radius 3 is 3.00 bits per heavy atom. The molecule has 1 unspecified atom stereocenters. The zero-order valence-corrected chi connectivity index (χ0v) is 12.6. The summed E-state index contributed by atoms with van der Waals surface area (Å²) in [7, 11) is 1.95. The molecule has 0 bridgehead atoms. The summed E-state index contributed by atoms with van der Waals surface area (Å²) in [6, 6.07) is 10.6. The van der Waals surface area contributed by atoms with Crippen LogP contribution in [0.15, 0.2) is 30.3 Å². The summed E-state index contributed by atoms with van der Waals surface area (Å²) in [4.78, 5) is 15.4. The summed E-state index contributed by atoms with van der Waals surface area (Å²) in [5.74, 6) is 0.165. The number of carbonyl (C=O) groups is 1. The van der Waals surface area contributed by atoms with Gasteiger partial charge in [0.1, 0.15) is 0 Å². The Labute approximate surface area is 123 Å². The van der Waals surface area contributed by atoms with Crippen LogP contribution in [0.5, 0.6) is 0 Å². The SMILES string of the molecule is CN(C(=O)c1cc2ccccc2s1)C1CCCNCC1. The third-order valence-corrected chi connectivity index (χ3v) is 5.15. The molecule has 0 aliphatic carbocycles. The van der Waals surface area contributed by atoms with E-state index in [1.165, 1.54) is 4.70 Å². The van der Waals surface area contributed by atoms with Gasteiger partial charge in [-0.25, -0.2) is 0 Å². The third-order valence-electron chi connectivity index (χ3n) is 4.05. The fourth-order valence-corrected chi connectivity index (χ4v) is 3.86. The van der Waals surface area contributed by atoms with Crippen LogP contribution in [0.4, 0.5) is 0 Å². The van der Waals surface area contributed by atoms with E-state index in [0.29, 0.717) is 6.04 Å². The highest BCUT2D eigenvalue weighted by Gasteiger charge is 2.23. The van der Waals surface area contributed by atoms with Crippen molar-refractivity contribution in [2.75, 3.05) is 20.1 Å². The minimum absolute atomic E-state index is 0.165. The van der Waals surface area contributed by atoms with Gasteiger partial charge in [0.15, 0.2) is 0 Å². The minimum atomic E-state index is 0.165. The molecule has 3 nitrogen and oxygen atoms in total. The van der Waals surface area contributed by atoms with Gasteiger partial charge in [-0.2, -0.15) is 0 Å². The number of hydrogen-bond acceptors (Lipinski definition) is 3. The molecule has 1 aliphatic heterocycles. The standard InChI is InChI=1S/C16H20N2OS/c1-18(13-6-4-9-17-10-8-13)16(19)15-11-12-5-2-3-7-14(12)20-15/h2-3,5,7,11,13,17H,4,6,8-10H2,1H3. The third kappa shape index (κ3) is 2.72. The topological polar surface area (TPSA) is 32.3 Å². The normalized spacial score (nSPS) is 19.8. The van der Waals surface area contributed by atoms with Gasteiger partial charge in [0.05, 0.1) is 4.88 Å².